The van der Waals surface area contributed by atoms with Crippen LogP contribution >= 0.6 is 11.3 Å². The van der Waals surface area contributed by atoms with Crippen LogP contribution in [0.4, 0.5) is 16.5 Å². The molecule has 0 radical (unpaired) electrons. The van der Waals surface area contributed by atoms with E-state index in [1.54, 1.807) is 0 Å². The number of aromatic nitrogens is 2. The van der Waals surface area contributed by atoms with Crippen LogP contribution in [0.1, 0.15) is 18.9 Å². The Kier molecular flexibility index (Phi) is 3.74. The first-order valence-corrected chi connectivity index (χ1v) is 7.97. The number of carbonyl (C=O) groups is 1. The van der Waals surface area contributed by atoms with Crippen LogP contribution in [0.3, 0.4) is 0 Å². The van der Waals surface area contributed by atoms with E-state index in [0.29, 0.717) is 11.7 Å². The summed E-state index contributed by atoms with van der Waals surface area (Å²) < 4.78 is 0. The van der Waals surface area contributed by atoms with E-state index in [4.69, 9.17) is 0 Å². The molecule has 6 nitrogen and oxygen atoms in total. The van der Waals surface area contributed by atoms with Crippen molar-refractivity contribution in [3.63, 3.8) is 0 Å². The molecule has 116 valence electrons. The molecule has 0 saturated heterocycles. The van der Waals surface area contributed by atoms with Crippen molar-refractivity contribution < 1.29 is 4.79 Å². The van der Waals surface area contributed by atoms with Gasteiger partial charge < -0.3 is 10.2 Å². The van der Waals surface area contributed by atoms with Crippen molar-refractivity contribution >= 4 is 33.8 Å². The molecular formula is C15H19N5OS. The summed E-state index contributed by atoms with van der Waals surface area (Å²) in [5.41, 5.74) is 2.01. The van der Waals surface area contributed by atoms with E-state index >= 15 is 0 Å². The number of carbonyl (C=O) groups excluding carboxylic acids is 1. The third kappa shape index (κ3) is 3.19. The number of hydrogen-bond acceptors (Lipinski definition) is 6. The lowest BCUT2D eigenvalue weighted by Crippen LogP contribution is -2.50. The minimum Gasteiger partial charge on any atom is -0.377 e. The minimum absolute atomic E-state index is 0.0800. The summed E-state index contributed by atoms with van der Waals surface area (Å²) in [4.78, 5) is 14.4. The Hall–Kier alpha value is -2.15. The number of hydrogen-bond donors (Lipinski definition) is 2. The molecule has 2 N–H and O–H groups in total. The Labute approximate surface area is 133 Å². The maximum atomic E-state index is 12.3. The van der Waals surface area contributed by atoms with Gasteiger partial charge in [-0.2, -0.15) is 0 Å². The average Bonchev–Trinajstić information content (AvgIpc) is 2.82. The zero-order chi connectivity index (χ0) is 15.7. The summed E-state index contributed by atoms with van der Waals surface area (Å²) in [6, 6.07) is 8.04. The number of fused-ring (bicyclic) bond motifs is 1. The van der Waals surface area contributed by atoms with Gasteiger partial charge in [-0.05, 0) is 32.9 Å². The molecule has 22 heavy (non-hydrogen) atoms. The lowest BCUT2D eigenvalue weighted by molar-refractivity contribution is -0.115. The molecule has 0 saturated carbocycles. The summed E-state index contributed by atoms with van der Waals surface area (Å²) in [6.45, 7) is 7.17. The van der Waals surface area contributed by atoms with Gasteiger partial charge in [-0.25, -0.2) is 0 Å². The van der Waals surface area contributed by atoms with E-state index in [9.17, 15) is 4.79 Å². The predicted molar refractivity (Wildman–Crippen MR) is 89.6 cm³/mol. The Morgan fingerprint density at radius 3 is 2.91 bits per heavy atom. The van der Waals surface area contributed by atoms with Gasteiger partial charge in [0.25, 0.3) is 0 Å². The van der Waals surface area contributed by atoms with Crippen molar-refractivity contribution in [2.24, 2.45) is 0 Å². The molecule has 2 heterocycles. The minimum atomic E-state index is -0.0893. The zero-order valence-corrected chi connectivity index (χ0v) is 13.7. The van der Waals surface area contributed by atoms with Crippen LogP contribution < -0.4 is 15.5 Å². The van der Waals surface area contributed by atoms with Crippen molar-refractivity contribution in [2.45, 2.75) is 26.3 Å². The largest absolute Gasteiger partial charge is 0.377 e. The highest BCUT2D eigenvalue weighted by atomic mass is 32.1. The molecule has 1 amide bonds. The summed E-state index contributed by atoms with van der Waals surface area (Å²) in [5.74, 6) is -0.0800. The lowest BCUT2D eigenvalue weighted by atomic mass is 9.99. The fourth-order valence-corrected chi connectivity index (χ4v) is 3.25. The number of benzene rings is 1. The highest BCUT2D eigenvalue weighted by molar-refractivity contribution is 7.15. The third-order valence-electron chi connectivity index (χ3n) is 3.41. The molecule has 7 heteroatoms. The van der Waals surface area contributed by atoms with Crippen LogP contribution in [0, 0.1) is 6.92 Å². The number of para-hydroxylation sites is 2. The fourth-order valence-electron chi connectivity index (χ4n) is 2.64. The Morgan fingerprint density at radius 2 is 2.18 bits per heavy atom. The molecule has 1 aromatic carbocycles. The molecule has 3 rings (SSSR count). The first kappa shape index (κ1) is 14.8. The molecule has 1 aliphatic rings. The number of nitrogens with zero attached hydrogens (tertiary/aromatic N) is 3. The van der Waals surface area contributed by atoms with Crippen molar-refractivity contribution in [3.05, 3.63) is 29.3 Å². The van der Waals surface area contributed by atoms with Crippen LogP contribution in [0.2, 0.25) is 0 Å². The topological polar surface area (TPSA) is 70.2 Å². The van der Waals surface area contributed by atoms with E-state index < -0.39 is 0 Å². The predicted octanol–water partition coefficient (Wildman–Crippen LogP) is 2.50. The molecule has 0 bridgehead atoms. The van der Waals surface area contributed by atoms with Gasteiger partial charge in [0, 0.05) is 12.1 Å². The van der Waals surface area contributed by atoms with Gasteiger partial charge >= 0.3 is 0 Å². The summed E-state index contributed by atoms with van der Waals surface area (Å²) in [7, 11) is 0. The molecule has 1 aliphatic heterocycles. The SMILES string of the molecule is Cc1nnc(NC(=O)CN2CC(C)(C)Nc3ccccc32)s1. The molecule has 0 atom stereocenters. The molecule has 0 spiro atoms. The van der Waals surface area contributed by atoms with Crippen molar-refractivity contribution in [1.29, 1.82) is 0 Å². The number of aryl methyl sites for hydroxylation is 1. The highest BCUT2D eigenvalue weighted by Gasteiger charge is 2.30. The van der Waals surface area contributed by atoms with E-state index in [1.807, 2.05) is 31.2 Å². The number of amides is 1. The van der Waals surface area contributed by atoms with E-state index in [1.165, 1.54) is 11.3 Å². The second kappa shape index (κ2) is 5.57. The van der Waals surface area contributed by atoms with Crippen molar-refractivity contribution in [2.75, 3.05) is 28.6 Å². The number of nitrogens with one attached hydrogen (secondary N) is 2. The second-order valence-electron chi connectivity index (χ2n) is 6.06. The average molecular weight is 317 g/mol. The summed E-state index contributed by atoms with van der Waals surface area (Å²) in [6.07, 6.45) is 0. The van der Waals surface area contributed by atoms with E-state index in [0.717, 1.165) is 22.9 Å². The van der Waals surface area contributed by atoms with Crippen LogP contribution in [-0.2, 0) is 4.79 Å². The molecule has 0 unspecified atom stereocenters. The molecule has 0 fully saturated rings. The Balaban J connectivity index is 1.75. The lowest BCUT2D eigenvalue weighted by Gasteiger charge is -2.41. The van der Waals surface area contributed by atoms with Gasteiger partial charge in [-0.1, -0.05) is 23.5 Å². The number of anilines is 3. The van der Waals surface area contributed by atoms with Crippen molar-refractivity contribution in [1.82, 2.24) is 10.2 Å². The maximum Gasteiger partial charge on any atom is 0.245 e. The molecule has 1 aromatic heterocycles. The fraction of sp³-hybridized carbons (Fsp3) is 0.400. The van der Waals surface area contributed by atoms with Crippen LogP contribution in [0.25, 0.3) is 0 Å². The standard InChI is InChI=1S/C15H19N5OS/c1-10-18-19-14(22-10)16-13(21)8-20-9-15(2,3)17-11-6-4-5-7-12(11)20/h4-7,17H,8-9H2,1-3H3,(H,16,19,21). The van der Waals surface area contributed by atoms with Crippen LogP contribution in [-0.4, -0.2) is 34.7 Å². The third-order valence-corrected chi connectivity index (χ3v) is 4.16. The van der Waals surface area contributed by atoms with Gasteiger partial charge in [-0.3, -0.25) is 10.1 Å². The quantitative estimate of drug-likeness (QED) is 0.910. The maximum absolute atomic E-state index is 12.3. The van der Waals surface area contributed by atoms with E-state index in [2.05, 4.69) is 39.6 Å². The van der Waals surface area contributed by atoms with Crippen LogP contribution in [0.15, 0.2) is 24.3 Å². The van der Waals surface area contributed by atoms with Gasteiger partial charge in [0.05, 0.1) is 17.9 Å². The van der Waals surface area contributed by atoms with E-state index in [-0.39, 0.29) is 11.4 Å². The van der Waals surface area contributed by atoms with Gasteiger partial charge in [0.2, 0.25) is 11.0 Å². The Bertz CT molecular complexity index is 697. The van der Waals surface area contributed by atoms with Gasteiger partial charge in [0.15, 0.2) is 0 Å². The van der Waals surface area contributed by atoms with Gasteiger partial charge in [0.1, 0.15) is 5.01 Å². The van der Waals surface area contributed by atoms with Gasteiger partial charge in [-0.15, -0.1) is 10.2 Å². The molecular weight excluding hydrogens is 298 g/mol. The highest BCUT2D eigenvalue weighted by Crippen LogP contribution is 2.33. The summed E-state index contributed by atoms with van der Waals surface area (Å²) >= 11 is 1.38. The summed E-state index contributed by atoms with van der Waals surface area (Å²) in [5, 5.41) is 15.5. The Morgan fingerprint density at radius 1 is 1.41 bits per heavy atom. The zero-order valence-electron chi connectivity index (χ0n) is 12.9. The second-order valence-corrected chi connectivity index (χ2v) is 7.24. The monoisotopic (exact) mass is 317 g/mol. The van der Waals surface area contributed by atoms with Crippen LogP contribution in [0.5, 0.6) is 0 Å². The number of rotatable bonds is 3. The smallest absolute Gasteiger partial charge is 0.245 e. The molecule has 2 aromatic rings. The first-order chi connectivity index (χ1) is 10.4. The first-order valence-electron chi connectivity index (χ1n) is 7.15. The van der Waals surface area contributed by atoms with Crippen molar-refractivity contribution in [3.8, 4) is 0 Å². The molecule has 0 aliphatic carbocycles. The normalized spacial score (nSPS) is 15.9.